The highest BCUT2D eigenvalue weighted by Gasteiger charge is 2.44. The monoisotopic (exact) mass is 732 g/mol. The van der Waals surface area contributed by atoms with E-state index in [9.17, 15) is 0 Å². The van der Waals surface area contributed by atoms with Crippen LogP contribution in [0.15, 0.2) is 115 Å². The van der Waals surface area contributed by atoms with Gasteiger partial charge in [-0.15, -0.1) is 0 Å². The summed E-state index contributed by atoms with van der Waals surface area (Å²) < 4.78 is 0. The standard InChI is InChI=1S/C54H56N2/c1-53(2)48-18-10-8-16-40(48)44-31-35(20-26-49(44)53)51-42-24-21-38(56-29-13-6-14-30-56)34-46(42)52(43-25-22-37(33-45(43)51)55-27-11-5-12-28-55)36-19-23-41-39-15-7-9-17-47(39)54(3,4)50(41)32-36/h7-9,15-17,19-26,31-34,39,47H,5-6,10-14,18,27-30H2,1-4H3. The predicted molar refractivity (Wildman–Crippen MR) is 240 cm³/mol. The Hall–Kier alpha value is -4.82. The van der Waals surface area contributed by atoms with Crippen molar-refractivity contribution >= 4 is 38.5 Å². The van der Waals surface area contributed by atoms with Crippen LogP contribution in [0, 0.1) is 5.92 Å². The Balaban J connectivity index is 1.20. The molecule has 2 aliphatic heterocycles. The van der Waals surface area contributed by atoms with E-state index in [1.165, 1.54) is 122 Å². The Kier molecular flexibility index (Phi) is 7.90. The Bertz CT molecular complexity index is 2560. The molecule has 0 spiro atoms. The van der Waals surface area contributed by atoms with Gasteiger partial charge in [0, 0.05) is 48.9 Å². The van der Waals surface area contributed by atoms with Crippen LogP contribution in [0.5, 0.6) is 0 Å². The first-order chi connectivity index (χ1) is 27.3. The number of hydrogen-bond donors (Lipinski definition) is 0. The van der Waals surface area contributed by atoms with Crippen LogP contribution in [0.3, 0.4) is 0 Å². The van der Waals surface area contributed by atoms with Crippen LogP contribution in [0.1, 0.15) is 107 Å². The van der Waals surface area contributed by atoms with E-state index in [1.54, 1.807) is 5.57 Å². The number of nitrogens with zero attached hydrogens (tertiary/aromatic N) is 2. The quantitative estimate of drug-likeness (QED) is 0.170. The summed E-state index contributed by atoms with van der Waals surface area (Å²) in [5.41, 5.74) is 17.3. The number of hydrogen-bond acceptors (Lipinski definition) is 2. The highest BCUT2D eigenvalue weighted by Crippen LogP contribution is 2.56. The molecule has 2 nitrogen and oxygen atoms in total. The number of anilines is 2. The molecule has 0 N–H and O–H groups in total. The molecule has 2 heterocycles. The van der Waals surface area contributed by atoms with Gasteiger partial charge >= 0.3 is 0 Å². The molecule has 2 fully saturated rings. The summed E-state index contributed by atoms with van der Waals surface area (Å²) in [5, 5.41) is 5.50. The van der Waals surface area contributed by atoms with Crippen LogP contribution in [0.4, 0.5) is 11.4 Å². The van der Waals surface area contributed by atoms with Crippen molar-refractivity contribution in [2.45, 2.75) is 95.8 Å². The van der Waals surface area contributed by atoms with E-state index in [4.69, 9.17) is 0 Å². The second kappa shape index (κ2) is 12.9. The van der Waals surface area contributed by atoms with Gasteiger partial charge in [0.05, 0.1) is 0 Å². The van der Waals surface area contributed by atoms with E-state index in [1.807, 2.05) is 0 Å². The highest BCUT2D eigenvalue weighted by molar-refractivity contribution is 6.22. The van der Waals surface area contributed by atoms with Crippen molar-refractivity contribution in [3.05, 3.63) is 137 Å². The van der Waals surface area contributed by atoms with Crippen molar-refractivity contribution in [2.24, 2.45) is 5.92 Å². The zero-order valence-corrected chi connectivity index (χ0v) is 33.9. The third-order valence-electron chi connectivity index (χ3n) is 15.1. The summed E-state index contributed by atoms with van der Waals surface area (Å²) in [5.74, 6) is 0.943. The van der Waals surface area contributed by atoms with Crippen LogP contribution in [0.25, 0.3) is 49.4 Å². The average molecular weight is 733 g/mol. The fourth-order valence-electron chi connectivity index (χ4n) is 12.1. The third kappa shape index (κ3) is 5.13. The van der Waals surface area contributed by atoms with Crippen LogP contribution < -0.4 is 9.80 Å². The van der Waals surface area contributed by atoms with Crippen molar-refractivity contribution in [3.8, 4) is 22.3 Å². The molecule has 2 saturated heterocycles. The van der Waals surface area contributed by atoms with E-state index in [2.05, 4.69) is 147 Å². The van der Waals surface area contributed by atoms with Gasteiger partial charge in [0.1, 0.15) is 0 Å². The Labute approximate surface area is 334 Å². The second-order valence-corrected chi connectivity index (χ2v) is 18.9. The highest BCUT2D eigenvalue weighted by atomic mass is 15.1. The smallest absolute Gasteiger partial charge is 0.0372 e. The Morgan fingerprint density at radius 3 is 1.84 bits per heavy atom. The normalized spacial score (nSPS) is 23.1. The van der Waals surface area contributed by atoms with Gasteiger partial charge in [0.15, 0.2) is 0 Å². The van der Waals surface area contributed by atoms with Gasteiger partial charge in [-0.2, -0.15) is 0 Å². The lowest BCUT2D eigenvalue weighted by Crippen LogP contribution is -2.29. The van der Waals surface area contributed by atoms with Gasteiger partial charge in [0.25, 0.3) is 0 Å². The minimum absolute atomic E-state index is 0.0580. The zero-order valence-electron chi connectivity index (χ0n) is 33.9. The molecule has 4 aliphatic carbocycles. The molecule has 0 radical (unpaired) electrons. The summed E-state index contributed by atoms with van der Waals surface area (Å²) >= 11 is 0. The Morgan fingerprint density at radius 2 is 1.18 bits per heavy atom. The van der Waals surface area contributed by atoms with Crippen LogP contribution in [0.2, 0.25) is 0 Å². The molecule has 2 unspecified atom stereocenters. The molecule has 2 atom stereocenters. The van der Waals surface area contributed by atoms with Crippen molar-refractivity contribution in [1.29, 1.82) is 0 Å². The molecular formula is C54H56N2. The number of piperidine rings is 2. The average Bonchev–Trinajstić information content (AvgIpc) is 3.61. The van der Waals surface area contributed by atoms with Crippen LogP contribution in [-0.2, 0) is 10.8 Å². The van der Waals surface area contributed by atoms with E-state index in [-0.39, 0.29) is 10.8 Å². The number of fused-ring (bicyclic) bond motifs is 7. The molecule has 0 saturated carbocycles. The molecule has 6 aliphatic rings. The molecule has 5 aromatic rings. The number of benzene rings is 5. The summed E-state index contributed by atoms with van der Waals surface area (Å²) in [4.78, 5) is 5.29. The molecule has 56 heavy (non-hydrogen) atoms. The zero-order chi connectivity index (χ0) is 37.8. The topological polar surface area (TPSA) is 6.48 Å². The van der Waals surface area contributed by atoms with Crippen LogP contribution in [-0.4, -0.2) is 26.2 Å². The summed E-state index contributed by atoms with van der Waals surface area (Å²) in [6.45, 7) is 14.4. The number of rotatable bonds is 4. The van der Waals surface area contributed by atoms with Gasteiger partial charge in [-0.1, -0.05) is 112 Å². The molecular weight excluding hydrogens is 677 g/mol. The maximum absolute atomic E-state index is 2.64. The van der Waals surface area contributed by atoms with Crippen molar-refractivity contribution < 1.29 is 0 Å². The fraction of sp³-hybridized carbons (Fsp3) is 0.370. The van der Waals surface area contributed by atoms with Gasteiger partial charge in [-0.25, -0.2) is 0 Å². The summed E-state index contributed by atoms with van der Waals surface area (Å²) in [6, 6.07) is 30.1. The lowest BCUT2D eigenvalue weighted by atomic mass is 9.74. The van der Waals surface area contributed by atoms with E-state index < -0.39 is 0 Å². The van der Waals surface area contributed by atoms with Gasteiger partial charge in [0.2, 0.25) is 0 Å². The lowest BCUT2D eigenvalue weighted by Gasteiger charge is -2.31. The SMILES string of the molecule is CC1(C)C2=C(C=CCC2)c2cc(-c3c4ccc(N5CCCCC5)cc4c(-c4ccc5c(c4)C(C)(C)C4C=CC=CC54)c4ccc(N5CCCCC5)cc34)ccc21. The first-order valence-electron chi connectivity index (χ1n) is 21.9. The number of allylic oxidation sites excluding steroid dienone is 8. The molecule has 0 amide bonds. The van der Waals surface area contributed by atoms with Gasteiger partial charge < -0.3 is 9.80 Å². The molecule has 2 heteroatoms. The molecule has 282 valence electrons. The molecule has 0 bridgehead atoms. The summed E-state index contributed by atoms with van der Waals surface area (Å²) in [6.07, 6.45) is 24.3. The molecule has 11 rings (SSSR count). The first-order valence-corrected chi connectivity index (χ1v) is 21.9. The largest absolute Gasteiger partial charge is 0.372 e. The molecule has 0 aromatic heterocycles. The van der Waals surface area contributed by atoms with Crippen molar-refractivity contribution in [1.82, 2.24) is 0 Å². The first kappa shape index (κ1) is 34.4. The van der Waals surface area contributed by atoms with Crippen LogP contribution >= 0.6 is 0 Å². The predicted octanol–water partition coefficient (Wildman–Crippen LogP) is 13.8. The third-order valence-corrected chi connectivity index (χ3v) is 15.1. The fourth-order valence-corrected chi connectivity index (χ4v) is 12.1. The maximum atomic E-state index is 2.64. The minimum Gasteiger partial charge on any atom is -0.372 e. The van der Waals surface area contributed by atoms with Gasteiger partial charge in [-0.3, -0.25) is 0 Å². The van der Waals surface area contributed by atoms with E-state index in [0.717, 1.165) is 39.0 Å². The van der Waals surface area contributed by atoms with E-state index >= 15 is 0 Å². The lowest BCUT2D eigenvalue weighted by molar-refractivity contribution is 0.394. The molecule has 5 aromatic carbocycles. The van der Waals surface area contributed by atoms with Gasteiger partial charge in [-0.05, 0) is 165 Å². The summed E-state index contributed by atoms with van der Waals surface area (Å²) in [7, 11) is 0. The maximum Gasteiger partial charge on any atom is 0.0372 e. The van der Waals surface area contributed by atoms with Crippen molar-refractivity contribution in [2.75, 3.05) is 36.0 Å². The van der Waals surface area contributed by atoms with E-state index in [0.29, 0.717) is 11.8 Å². The Morgan fingerprint density at radius 1 is 0.571 bits per heavy atom. The minimum atomic E-state index is 0.0580. The second-order valence-electron chi connectivity index (χ2n) is 18.9. The van der Waals surface area contributed by atoms with Crippen molar-refractivity contribution in [3.63, 3.8) is 0 Å².